The normalized spacial score (nSPS) is 10.3. The lowest BCUT2D eigenvalue weighted by Crippen LogP contribution is -2.11. The number of nitro groups is 1. The summed E-state index contributed by atoms with van der Waals surface area (Å²) in [6, 6.07) is 7.01. The monoisotopic (exact) mass is 309 g/mol. The van der Waals surface area contributed by atoms with Gasteiger partial charge in [-0.25, -0.2) is 0 Å². The molecular weight excluding hydrogens is 302 g/mol. The summed E-state index contributed by atoms with van der Waals surface area (Å²) < 4.78 is 1.94. The predicted octanol–water partition coefficient (Wildman–Crippen LogP) is 2.44. The van der Waals surface area contributed by atoms with Crippen LogP contribution in [0, 0.1) is 10.1 Å². The van der Waals surface area contributed by atoms with Crippen LogP contribution in [0.4, 0.5) is 5.69 Å². The molecule has 0 spiro atoms. The van der Waals surface area contributed by atoms with Crippen molar-refractivity contribution < 1.29 is 9.72 Å². The first-order valence-electron chi connectivity index (χ1n) is 5.02. The van der Waals surface area contributed by atoms with Crippen LogP contribution in [0.25, 0.3) is 0 Å². The van der Waals surface area contributed by atoms with Gasteiger partial charge in [0.25, 0.3) is 0 Å². The Morgan fingerprint density at radius 2 is 2.17 bits per heavy atom. The molecule has 0 unspecified atom stereocenters. The van der Waals surface area contributed by atoms with E-state index in [9.17, 15) is 14.9 Å². The number of benzene rings is 1. The number of nitrogens with zero attached hydrogens (tertiary/aromatic N) is 3. The Morgan fingerprint density at radius 1 is 1.44 bits per heavy atom. The van der Waals surface area contributed by atoms with E-state index in [-0.39, 0.29) is 18.0 Å². The van der Waals surface area contributed by atoms with Gasteiger partial charge >= 0.3 is 5.69 Å². The number of Topliss-reactive ketones (excluding diaryl/α,β-unsaturated/α-hetero) is 1. The third kappa shape index (κ3) is 2.62. The van der Waals surface area contributed by atoms with Crippen molar-refractivity contribution in [1.29, 1.82) is 0 Å². The molecule has 18 heavy (non-hydrogen) atoms. The van der Waals surface area contributed by atoms with Crippen molar-refractivity contribution in [2.45, 2.75) is 6.54 Å². The van der Waals surface area contributed by atoms with Crippen LogP contribution in [-0.2, 0) is 6.54 Å². The van der Waals surface area contributed by atoms with Crippen LogP contribution in [0.3, 0.4) is 0 Å². The molecule has 92 valence electrons. The zero-order chi connectivity index (χ0) is 13.1. The summed E-state index contributed by atoms with van der Waals surface area (Å²) in [6.07, 6.45) is 2.35. The van der Waals surface area contributed by atoms with Gasteiger partial charge in [0.2, 0.25) is 0 Å². The molecule has 0 saturated carbocycles. The lowest BCUT2D eigenvalue weighted by atomic mass is 10.1. The fraction of sp³-hybridized carbons (Fsp3) is 0.0909. The molecule has 0 N–H and O–H groups in total. The van der Waals surface area contributed by atoms with Crippen LogP contribution in [0.5, 0.6) is 0 Å². The van der Waals surface area contributed by atoms with Crippen molar-refractivity contribution in [2.24, 2.45) is 0 Å². The SMILES string of the molecule is O=C(Cn1cc([N+](=O)[O-])cn1)c1ccccc1Br. The Hall–Kier alpha value is -2.02. The molecule has 0 aliphatic rings. The lowest BCUT2D eigenvalue weighted by Gasteiger charge is -2.03. The molecule has 0 amide bonds. The zero-order valence-electron chi connectivity index (χ0n) is 9.12. The minimum Gasteiger partial charge on any atom is -0.292 e. The Labute approximate surface area is 111 Å². The third-order valence-electron chi connectivity index (χ3n) is 2.31. The molecule has 1 aromatic heterocycles. The van der Waals surface area contributed by atoms with Crippen LogP contribution in [-0.4, -0.2) is 20.5 Å². The van der Waals surface area contributed by atoms with Gasteiger partial charge in [0.05, 0.1) is 4.92 Å². The van der Waals surface area contributed by atoms with Crippen molar-refractivity contribution in [3.05, 3.63) is 56.8 Å². The van der Waals surface area contributed by atoms with Crippen LogP contribution in [0.2, 0.25) is 0 Å². The van der Waals surface area contributed by atoms with E-state index in [4.69, 9.17) is 0 Å². The largest absolute Gasteiger partial charge is 0.307 e. The second-order valence-electron chi connectivity index (χ2n) is 3.56. The quantitative estimate of drug-likeness (QED) is 0.493. The Balaban J connectivity index is 2.16. The fourth-order valence-corrected chi connectivity index (χ4v) is 1.96. The second-order valence-corrected chi connectivity index (χ2v) is 4.41. The summed E-state index contributed by atoms with van der Waals surface area (Å²) >= 11 is 3.28. The number of ketones is 1. The molecular formula is C11H8BrN3O3. The molecule has 2 aromatic rings. The molecule has 0 radical (unpaired) electrons. The number of carbonyl (C=O) groups excluding carboxylic acids is 1. The number of aromatic nitrogens is 2. The molecule has 1 aromatic carbocycles. The van der Waals surface area contributed by atoms with E-state index in [1.165, 1.54) is 10.9 Å². The topological polar surface area (TPSA) is 78.0 Å². The van der Waals surface area contributed by atoms with Gasteiger partial charge in [-0.05, 0) is 6.07 Å². The smallest absolute Gasteiger partial charge is 0.292 e. The van der Waals surface area contributed by atoms with E-state index >= 15 is 0 Å². The maximum absolute atomic E-state index is 12.0. The van der Waals surface area contributed by atoms with Gasteiger partial charge in [-0.1, -0.05) is 34.1 Å². The second kappa shape index (κ2) is 5.09. The van der Waals surface area contributed by atoms with Crippen LogP contribution < -0.4 is 0 Å². The van der Waals surface area contributed by atoms with E-state index < -0.39 is 4.92 Å². The molecule has 0 bridgehead atoms. The summed E-state index contributed by atoms with van der Waals surface area (Å²) in [5.41, 5.74) is 0.394. The van der Waals surface area contributed by atoms with E-state index in [2.05, 4.69) is 21.0 Å². The molecule has 0 aliphatic heterocycles. The van der Waals surface area contributed by atoms with E-state index in [0.717, 1.165) is 6.20 Å². The highest BCUT2D eigenvalue weighted by Gasteiger charge is 2.13. The first-order chi connectivity index (χ1) is 8.58. The first-order valence-corrected chi connectivity index (χ1v) is 5.82. The average Bonchev–Trinajstić information content (AvgIpc) is 2.78. The van der Waals surface area contributed by atoms with Crippen molar-refractivity contribution in [3.8, 4) is 0 Å². The van der Waals surface area contributed by atoms with E-state index in [1.54, 1.807) is 24.3 Å². The molecule has 0 aliphatic carbocycles. The highest BCUT2D eigenvalue weighted by atomic mass is 79.9. The molecule has 7 heteroatoms. The Morgan fingerprint density at radius 3 is 2.78 bits per heavy atom. The number of rotatable bonds is 4. The summed E-state index contributed by atoms with van der Waals surface area (Å²) in [7, 11) is 0. The number of carbonyl (C=O) groups is 1. The molecule has 6 nitrogen and oxygen atoms in total. The van der Waals surface area contributed by atoms with Crippen LogP contribution in [0.1, 0.15) is 10.4 Å². The number of halogens is 1. The van der Waals surface area contributed by atoms with E-state index in [1.807, 2.05) is 0 Å². The van der Waals surface area contributed by atoms with E-state index in [0.29, 0.717) is 10.0 Å². The Kier molecular flexibility index (Phi) is 3.52. The fourth-order valence-electron chi connectivity index (χ4n) is 1.45. The Bertz CT molecular complexity index is 609. The minimum absolute atomic E-state index is 0.0313. The van der Waals surface area contributed by atoms with Crippen LogP contribution >= 0.6 is 15.9 Å². The molecule has 0 saturated heterocycles. The van der Waals surface area contributed by atoms with Crippen molar-refractivity contribution >= 4 is 27.4 Å². The third-order valence-corrected chi connectivity index (χ3v) is 3.00. The first kappa shape index (κ1) is 12.4. The summed E-state index contributed by atoms with van der Waals surface area (Å²) in [5, 5.41) is 14.3. The van der Waals surface area contributed by atoms with Gasteiger partial charge in [-0.2, -0.15) is 5.10 Å². The lowest BCUT2D eigenvalue weighted by molar-refractivity contribution is -0.385. The van der Waals surface area contributed by atoms with Gasteiger partial charge in [0.15, 0.2) is 5.78 Å². The maximum Gasteiger partial charge on any atom is 0.307 e. The van der Waals surface area contributed by atoms with Gasteiger partial charge in [0.1, 0.15) is 18.9 Å². The highest BCUT2D eigenvalue weighted by molar-refractivity contribution is 9.10. The van der Waals surface area contributed by atoms with Gasteiger partial charge in [-0.15, -0.1) is 0 Å². The van der Waals surface area contributed by atoms with Gasteiger partial charge < -0.3 is 0 Å². The summed E-state index contributed by atoms with van der Waals surface area (Å²) in [4.78, 5) is 21.9. The van der Waals surface area contributed by atoms with Crippen molar-refractivity contribution in [3.63, 3.8) is 0 Å². The molecule has 2 rings (SSSR count). The summed E-state index contributed by atoms with van der Waals surface area (Å²) in [6.45, 7) is -0.0313. The molecule has 0 atom stereocenters. The number of hydrogen-bond donors (Lipinski definition) is 0. The summed E-state index contributed by atoms with van der Waals surface area (Å²) in [5.74, 6) is -0.166. The predicted molar refractivity (Wildman–Crippen MR) is 67.4 cm³/mol. The average molecular weight is 310 g/mol. The highest BCUT2D eigenvalue weighted by Crippen LogP contribution is 2.17. The maximum atomic E-state index is 12.0. The van der Waals surface area contributed by atoms with Crippen molar-refractivity contribution in [1.82, 2.24) is 9.78 Å². The molecule has 0 fully saturated rings. The zero-order valence-corrected chi connectivity index (χ0v) is 10.7. The van der Waals surface area contributed by atoms with Gasteiger partial charge in [-0.3, -0.25) is 19.6 Å². The minimum atomic E-state index is -0.549. The molecule has 1 heterocycles. The number of hydrogen-bond acceptors (Lipinski definition) is 4. The van der Waals surface area contributed by atoms with Crippen molar-refractivity contribution in [2.75, 3.05) is 0 Å². The standard InChI is InChI=1S/C11H8BrN3O3/c12-10-4-2-1-3-9(10)11(16)7-14-6-8(5-13-14)15(17)18/h1-6H,7H2. The van der Waals surface area contributed by atoms with Crippen LogP contribution in [0.15, 0.2) is 41.1 Å². The van der Waals surface area contributed by atoms with Gasteiger partial charge in [0, 0.05) is 10.0 Å².